The molecule has 1 aromatic heterocycles. The summed E-state index contributed by atoms with van der Waals surface area (Å²) in [6.45, 7) is 1.78. The van der Waals surface area contributed by atoms with E-state index in [0.717, 1.165) is 5.56 Å². The molecule has 0 spiro atoms. The number of nitro groups is 1. The molecule has 0 saturated heterocycles. The zero-order valence-electron chi connectivity index (χ0n) is 10.0. The van der Waals surface area contributed by atoms with Gasteiger partial charge in [-0.1, -0.05) is 0 Å². The number of aromatic nitrogens is 2. The molecule has 0 aliphatic carbocycles. The Balaban J connectivity index is 2.31. The Labute approximate surface area is 108 Å². The van der Waals surface area contributed by atoms with Gasteiger partial charge in [0.05, 0.1) is 23.4 Å². The Morgan fingerprint density at radius 3 is 2.89 bits per heavy atom. The number of anilines is 1. The molecule has 3 N–H and O–H groups in total. The van der Waals surface area contributed by atoms with Crippen molar-refractivity contribution in [3.63, 3.8) is 0 Å². The van der Waals surface area contributed by atoms with Crippen LogP contribution in [0.15, 0.2) is 30.6 Å². The van der Waals surface area contributed by atoms with Crippen LogP contribution in [0.1, 0.15) is 5.56 Å². The van der Waals surface area contributed by atoms with Gasteiger partial charge in [0.15, 0.2) is 5.82 Å². The molecule has 0 aliphatic heterocycles. The van der Waals surface area contributed by atoms with Crippen LogP contribution in [0.3, 0.4) is 0 Å². The number of rotatable bonds is 4. The van der Waals surface area contributed by atoms with E-state index in [1.165, 1.54) is 24.5 Å². The molecular formula is C11H11N5O3. The van der Waals surface area contributed by atoms with Crippen LogP contribution in [0, 0.1) is 17.0 Å². The number of nitrogens with one attached hydrogen (secondary N) is 1. The number of nitrogens with zero attached hydrogens (tertiary/aromatic N) is 3. The van der Waals surface area contributed by atoms with Crippen molar-refractivity contribution in [2.24, 2.45) is 5.84 Å². The standard InChI is InChI=1S/C11H11N5O3/c1-7-2-3-8(16(17)18)4-9(7)19-11-6-13-5-10(14-11)15-12/h2-6H,12H2,1H3,(H,14,15). The smallest absolute Gasteiger partial charge is 0.273 e. The maximum Gasteiger partial charge on any atom is 0.273 e. The fourth-order valence-electron chi connectivity index (χ4n) is 1.39. The molecule has 2 aromatic rings. The minimum Gasteiger partial charge on any atom is -0.437 e. The molecule has 0 fully saturated rings. The number of hydrazine groups is 1. The topological polar surface area (TPSA) is 116 Å². The predicted octanol–water partition coefficient (Wildman–Crippen LogP) is 1.77. The van der Waals surface area contributed by atoms with E-state index < -0.39 is 4.92 Å². The van der Waals surface area contributed by atoms with Crippen molar-refractivity contribution < 1.29 is 9.66 Å². The quantitative estimate of drug-likeness (QED) is 0.489. The summed E-state index contributed by atoms with van der Waals surface area (Å²) in [6.07, 6.45) is 2.81. The highest BCUT2D eigenvalue weighted by atomic mass is 16.6. The highest BCUT2D eigenvalue weighted by molar-refractivity contribution is 5.45. The van der Waals surface area contributed by atoms with Crippen LogP contribution < -0.4 is 16.0 Å². The molecule has 1 aromatic carbocycles. The van der Waals surface area contributed by atoms with E-state index in [1.807, 2.05) is 0 Å². The second-order valence-corrected chi connectivity index (χ2v) is 3.70. The summed E-state index contributed by atoms with van der Waals surface area (Å²) in [5.41, 5.74) is 3.03. The molecule has 0 amide bonds. The van der Waals surface area contributed by atoms with Gasteiger partial charge in [-0.05, 0) is 18.6 Å². The number of benzene rings is 1. The zero-order chi connectivity index (χ0) is 13.8. The summed E-state index contributed by atoms with van der Waals surface area (Å²) in [5.74, 6) is 6.08. The van der Waals surface area contributed by atoms with Crippen molar-refractivity contribution in [1.82, 2.24) is 9.97 Å². The Kier molecular flexibility index (Phi) is 3.53. The lowest BCUT2D eigenvalue weighted by Gasteiger charge is -2.08. The van der Waals surface area contributed by atoms with Crippen LogP contribution in [0.5, 0.6) is 11.6 Å². The van der Waals surface area contributed by atoms with Gasteiger partial charge < -0.3 is 10.2 Å². The number of hydrogen-bond donors (Lipinski definition) is 2. The normalized spacial score (nSPS) is 10.0. The first-order valence-corrected chi connectivity index (χ1v) is 5.31. The number of hydrogen-bond acceptors (Lipinski definition) is 7. The van der Waals surface area contributed by atoms with E-state index in [-0.39, 0.29) is 11.6 Å². The molecule has 2 rings (SSSR count). The van der Waals surface area contributed by atoms with Gasteiger partial charge in [0.25, 0.3) is 5.69 Å². The largest absolute Gasteiger partial charge is 0.437 e. The Bertz CT molecular complexity index is 617. The second kappa shape index (κ2) is 5.27. The number of aryl methyl sites for hydroxylation is 1. The lowest BCUT2D eigenvalue weighted by Crippen LogP contribution is -2.09. The highest BCUT2D eigenvalue weighted by Gasteiger charge is 2.11. The summed E-state index contributed by atoms with van der Waals surface area (Å²) in [5, 5.41) is 10.7. The maximum absolute atomic E-state index is 10.7. The van der Waals surface area contributed by atoms with Crippen LogP contribution in [0.2, 0.25) is 0 Å². The Morgan fingerprint density at radius 2 is 2.21 bits per heavy atom. The number of non-ortho nitro benzene ring substituents is 1. The summed E-state index contributed by atoms with van der Waals surface area (Å²) in [7, 11) is 0. The van der Waals surface area contributed by atoms with Gasteiger partial charge >= 0.3 is 0 Å². The van der Waals surface area contributed by atoms with Gasteiger partial charge in [-0.3, -0.25) is 15.1 Å². The SMILES string of the molecule is Cc1ccc([N+](=O)[O-])cc1Oc1cncc(NN)n1. The maximum atomic E-state index is 10.7. The first-order chi connectivity index (χ1) is 9.10. The van der Waals surface area contributed by atoms with Crippen molar-refractivity contribution in [3.8, 4) is 11.6 Å². The van der Waals surface area contributed by atoms with Gasteiger partial charge in [-0.2, -0.15) is 4.98 Å². The first kappa shape index (κ1) is 12.7. The number of nitrogens with two attached hydrogens (primary N) is 1. The van der Waals surface area contributed by atoms with Gasteiger partial charge in [0.1, 0.15) is 5.75 Å². The number of ether oxygens (including phenoxy) is 1. The number of nitro benzene ring substituents is 1. The highest BCUT2D eigenvalue weighted by Crippen LogP contribution is 2.27. The molecule has 98 valence electrons. The van der Waals surface area contributed by atoms with E-state index in [2.05, 4.69) is 15.4 Å². The second-order valence-electron chi connectivity index (χ2n) is 3.70. The van der Waals surface area contributed by atoms with Crippen LogP contribution >= 0.6 is 0 Å². The molecular weight excluding hydrogens is 250 g/mol. The molecule has 8 heteroatoms. The predicted molar refractivity (Wildman–Crippen MR) is 67.7 cm³/mol. The molecule has 0 bridgehead atoms. The van der Waals surface area contributed by atoms with E-state index in [0.29, 0.717) is 11.6 Å². The van der Waals surface area contributed by atoms with Gasteiger partial charge in [-0.25, -0.2) is 5.84 Å². The fraction of sp³-hybridized carbons (Fsp3) is 0.0909. The summed E-state index contributed by atoms with van der Waals surface area (Å²) in [6, 6.07) is 4.34. The van der Waals surface area contributed by atoms with E-state index in [1.54, 1.807) is 13.0 Å². The van der Waals surface area contributed by atoms with Gasteiger partial charge in [0.2, 0.25) is 5.88 Å². The molecule has 0 aliphatic rings. The van der Waals surface area contributed by atoms with Crippen LogP contribution in [0.4, 0.5) is 11.5 Å². The zero-order valence-corrected chi connectivity index (χ0v) is 10.0. The average Bonchev–Trinajstić information content (AvgIpc) is 2.41. The fourth-order valence-corrected chi connectivity index (χ4v) is 1.39. The molecule has 1 heterocycles. The van der Waals surface area contributed by atoms with Crippen LogP contribution in [-0.4, -0.2) is 14.9 Å². The van der Waals surface area contributed by atoms with E-state index in [4.69, 9.17) is 10.6 Å². The van der Waals surface area contributed by atoms with Gasteiger partial charge in [0, 0.05) is 6.07 Å². The lowest BCUT2D eigenvalue weighted by molar-refractivity contribution is -0.384. The molecule has 0 unspecified atom stereocenters. The molecule has 19 heavy (non-hydrogen) atoms. The molecule has 0 atom stereocenters. The lowest BCUT2D eigenvalue weighted by atomic mass is 10.2. The third-order valence-electron chi connectivity index (χ3n) is 2.36. The Hall–Kier alpha value is -2.74. The third-order valence-corrected chi connectivity index (χ3v) is 2.36. The summed E-state index contributed by atoms with van der Waals surface area (Å²) in [4.78, 5) is 18.1. The van der Waals surface area contributed by atoms with Crippen molar-refractivity contribution in [2.45, 2.75) is 6.92 Å². The number of nitrogen functional groups attached to an aromatic ring is 1. The van der Waals surface area contributed by atoms with Crippen molar-refractivity contribution in [3.05, 3.63) is 46.3 Å². The summed E-state index contributed by atoms with van der Waals surface area (Å²) < 4.78 is 5.47. The molecule has 8 nitrogen and oxygen atoms in total. The average molecular weight is 261 g/mol. The molecule has 0 radical (unpaired) electrons. The van der Waals surface area contributed by atoms with Crippen molar-refractivity contribution in [1.29, 1.82) is 0 Å². The summed E-state index contributed by atoms with van der Waals surface area (Å²) >= 11 is 0. The van der Waals surface area contributed by atoms with Crippen molar-refractivity contribution >= 4 is 11.5 Å². The van der Waals surface area contributed by atoms with Crippen LogP contribution in [-0.2, 0) is 0 Å². The minimum atomic E-state index is -0.490. The van der Waals surface area contributed by atoms with Crippen LogP contribution in [0.25, 0.3) is 0 Å². The molecule has 0 saturated carbocycles. The van der Waals surface area contributed by atoms with E-state index in [9.17, 15) is 10.1 Å². The Morgan fingerprint density at radius 1 is 1.42 bits per heavy atom. The van der Waals surface area contributed by atoms with Gasteiger partial charge in [-0.15, -0.1) is 0 Å². The first-order valence-electron chi connectivity index (χ1n) is 5.31. The minimum absolute atomic E-state index is 0.0540. The van der Waals surface area contributed by atoms with E-state index >= 15 is 0 Å². The van der Waals surface area contributed by atoms with Crippen molar-refractivity contribution in [2.75, 3.05) is 5.43 Å². The monoisotopic (exact) mass is 261 g/mol. The third kappa shape index (κ3) is 2.93.